The van der Waals surface area contributed by atoms with Gasteiger partial charge in [-0.25, -0.2) is 9.97 Å². The van der Waals surface area contributed by atoms with Crippen LogP contribution in [0.3, 0.4) is 0 Å². The van der Waals surface area contributed by atoms with E-state index >= 15 is 0 Å². The number of rotatable bonds is 10. The minimum atomic E-state index is -0.0943. The van der Waals surface area contributed by atoms with Crippen molar-refractivity contribution in [3.8, 4) is 0 Å². The summed E-state index contributed by atoms with van der Waals surface area (Å²) in [6, 6.07) is 2.36. The number of hydrogen-bond donors (Lipinski definition) is 3. The first-order valence-electron chi connectivity index (χ1n) is 9.89. The average Bonchev–Trinajstić information content (AvgIpc) is 3.09. The number of anilines is 1. The van der Waals surface area contributed by atoms with Crippen LogP contribution in [-0.2, 0) is 4.79 Å². The van der Waals surface area contributed by atoms with Crippen LogP contribution in [0, 0.1) is 17.8 Å². The van der Waals surface area contributed by atoms with Crippen molar-refractivity contribution in [1.82, 2.24) is 19.9 Å². The van der Waals surface area contributed by atoms with Crippen LogP contribution >= 0.6 is 0 Å². The zero-order valence-electron chi connectivity index (χ0n) is 17.2. The van der Waals surface area contributed by atoms with Gasteiger partial charge in [0.25, 0.3) is 0 Å². The van der Waals surface area contributed by atoms with Gasteiger partial charge in [0.05, 0.1) is 5.39 Å². The monoisotopic (exact) mass is 374 g/mol. The van der Waals surface area contributed by atoms with E-state index in [1.165, 1.54) is 0 Å². The third kappa shape index (κ3) is 4.97. The summed E-state index contributed by atoms with van der Waals surface area (Å²) in [5, 5.41) is 7.22. The molecular formula is C20H34N6O. The number of nitrogens with zero attached hydrogens (tertiary/aromatic N) is 3. The quantitative estimate of drug-likeness (QED) is 0.594. The Balaban J connectivity index is 2.11. The van der Waals surface area contributed by atoms with Crippen LogP contribution in [0.15, 0.2) is 18.6 Å². The summed E-state index contributed by atoms with van der Waals surface area (Å²) >= 11 is 0. The molecule has 0 aliphatic rings. The highest BCUT2D eigenvalue weighted by Gasteiger charge is 2.22. The van der Waals surface area contributed by atoms with Gasteiger partial charge < -0.3 is 20.9 Å². The van der Waals surface area contributed by atoms with Gasteiger partial charge in [-0.1, -0.05) is 27.7 Å². The molecule has 0 saturated heterocycles. The number of nitrogens with one attached hydrogen (secondary N) is 2. The number of aromatic nitrogens is 3. The van der Waals surface area contributed by atoms with E-state index in [1.54, 1.807) is 6.33 Å². The maximum atomic E-state index is 12.2. The van der Waals surface area contributed by atoms with E-state index in [0.717, 1.165) is 29.7 Å². The van der Waals surface area contributed by atoms with Gasteiger partial charge in [-0.05, 0) is 30.7 Å². The molecular weight excluding hydrogens is 340 g/mol. The van der Waals surface area contributed by atoms with Crippen molar-refractivity contribution >= 4 is 22.8 Å². The van der Waals surface area contributed by atoms with E-state index in [2.05, 4.69) is 58.2 Å². The molecule has 7 nitrogen and oxygen atoms in total. The molecule has 0 radical (unpaired) electrons. The largest absolute Gasteiger partial charge is 0.372 e. The number of amides is 1. The summed E-state index contributed by atoms with van der Waals surface area (Å²) in [4.78, 5) is 21.0. The molecule has 2 rings (SSSR count). The van der Waals surface area contributed by atoms with Crippen LogP contribution in [-0.4, -0.2) is 40.6 Å². The first-order chi connectivity index (χ1) is 12.9. The van der Waals surface area contributed by atoms with Crippen molar-refractivity contribution in [2.75, 3.05) is 25.5 Å². The standard InChI is InChI=1S/C20H34N6O/c1-6-15(10-21)20(27)23-11-14(4)9-17(13(2)3)26-8-7-16-18(22-5)24-12-25-19(16)26/h7-8,12-15,17H,6,9-11,21H2,1-5H3,(H,23,27)(H,22,24,25)/t14-,15?,17-/m1/s1. The van der Waals surface area contributed by atoms with E-state index < -0.39 is 0 Å². The van der Waals surface area contributed by atoms with Crippen LogP contribution in [0.5, 0.6) is 0 Å². The molecule has 2 heterocycles. The van der Waals surface area contributed by atoms with Gasteiger partial charge in [0.2, 0.25) is 5.91 Å². The summed E-state index contributed by atoms with van der Waals surface area (Å²) in [7, 11) is 1.87. The van der Waals surface area contributed by atoms with Crippen LogP contribution in [0.1, 0.15) is 46.6 Å². The highest BCUT2D eigenvalue weighted by Crippen LogP contribution is 2.31. The highest BCUT2D eigenvalue weighted by atomic mass is 16.1. The van der Waals surface area contributed by atoms with E-state index in [-0.39, 0.29) is 11.8 Å². The first-order valence-corrected chi connectivity index (χ1v) is 9.89. The van der Waals surface area contributed by atoms with Gasteiger partial charge >= 0.3 is 0 Å². The van der Waals surface area contributed by atoms with Gasteiger partial charge in [-0.2, -0.15) is 0 Å². The number of carbonyl (C=O) groups is 1. The van der Waals surface area contributed by atoms with Crippen molar-refractivity contribution in [3.63, 3.8) is 0 Å². The Bertz CT molecular complexity index is 737. The van der Waals surface area contributed by atoms with Crippen LogP contribution < -0.4 is 16.4 Å². The van der Waals surface area contributed by atoms with E-state index in [0.29, 0.717) is 31.0 Å². The summed E-state index contributed by atoms with van der Waals surface area (Å²) in [6.45, 7) is 9.68. The second-order valence-corrected chi connectivity index (χ2v) is 7.67. The number of carbonyl (C=O) groups excluding carboxylic acids is 1. The Labute approximate surface area is 162 Å². The second-order valence-electron chi connectivity index (χ2n) is 7.67. The van der Waals surface area contributed by atoms with Gasteiger partial charge in [0.1, 0.15) is 17.8 Å². The summed E-state index contributed by atoms with van der Waals surface area (Å²) in [5.41, 5.74) is 6.61. The van der Waals surface area contributed by atoms with Gasteiger partial charge in [0.15, 0.2) is 0 Å². The van der Waals surface area contributed by atoms with Crippen LogP contribution in [0.4, 0.5) is 5.82 Å². The Morgan fingerprint density at radius 1 is 1.30 bits per heavy atom. The lowest BCUT2D eigenvalue weighted by Gasteiger charge is -2.27. The Morgan fingerprint density at radius 2 is 2.04 bits per heavy atom. The predicted octanol–water partition coefficient (Wildman–Crippen LogP) is 2.80. The van der Waals surface area contributed by atoms with Crippen LogP contribution in [0.25, 0.3) is 11.0 Å². The molecule has 150 valence electrons. The lowest BCUT2D eigenvalue weighted by Crippen LogP contribution is -2.37. The molecule has 7 heteroatoms. The smallest absolute Gasteiger partial charge is 0.224 e. The van der Waals surface area contributed by atoms with Gasteiger partial charge in [-0.3, -0.25) is 4.79 Å². The van der Waals surface area contributed by atoms with E-state index in [1.807, 2.05) is 14.0 Å². The molecule has 0 spiro atoms. The van der Waals surface area contributed by atoms with E-state index in [9.17, 15) is 4.79 Å². The van der Waals surface area contributed by atoms with Crippen molar-refractivity contribution in [2.45, 2.75) is 46.6 Å². The number of fused-ring (bicyclic) bond motifs is 1. The Kier molecular flexibility index (Phi) is 7.59. The molecule has 0 aliphatic heterocycles. The maximum Gasteiger partial charge on any atom is 0.224 e. The highest BCUT2D eigenvalue weighted by molar-refractivity contribution is 5.87. The molecule has 27 heavy (non-hydrogen) atoms. The molecule has 0 aliphatic carbocycles. The average molecular weight is 375 g/mol. The van der Waals surface area contributed by atoms with E-state index in [4.69, 9.17) is 5.73 Å². The van der Waals surface area contributed by atoms with Crippen LogP contribution in [0.2, 0.25) is 0 Å². The third-order valence-corrected chi connectivity index (χ3v) is 5.29. The molecule has 4 N–H and O–H groups in total. The van der Waals surface area contributed by atoms with Crippen molar-refractivity contribution in [3.05, 3.63) is 18.6 Å². The zero-order chi connectivity index (χ0) is 20.0. The molecule has 2 aromatic rings. The fourth-order valence-electron chi connectivity index (χ4n) is 3.52. The second kappa shape index (κ2) is 9.69. The normalized spacial score (nSPS) is 14.9. The zero-order valence-corrected chi connectivity index (χ0v) is 17.2. The molecule has 3 atom stereocenters. The Hall–Kier alpha value is -2.15. The molecule has 1 amide bonds. The minimum Gasteiger partial charge on any atom is -0.372 e. The lowest BCUT2D eigenvalue weighted by molar-refractivity contribution is -0.125. The fraction of sp³-hybridized carbons (Fsp3) is 0.650. The fourth-order valence-corrected chi connectivity index (χ4v) is 3.52. The summed E-state index contributed by atoms with van der Waals surface area (Å²) in [6.07, 6.45) is 5.43. The Morgan fingerprint density at radius 3 is 2.63 bits per heavy atom. The van der Waals surface area contributed by atoms with Crippen molar-refractivity contribution < 1.29 is 4.79 Å². The number of hydrogen-bond acceptors (Lipinski definition) is 5. The van der Waals surface area contributed by atoms with Gasteiger partial charge in [-0.15, -0.1) is 0 Å². The third-order valence-electron chi connectivity index (χ3n) is 5.29. The summed E-state index contributed by atoms with van der Waals surface area (Å²) in [5.74, 6) is 1.60. The topological polar surface area (TPSA) is 97.9 Å². The molecule has 2 aromatic heterocycles. The predicted molar refractivity (Wildman–Crippen MR) is 111 cm³/mol. The molecule has 0 fully saturated rings. The minimum absolute atomic E-state index is 0.0609. The first kappa shape index (κ1) is 21.2. The lowest BCUT2D eigenvalue weighted by atomic mass is 9.93. The molecule has 0 bridgehead atoms. The molecule has 1 unspecified atom stereocenters. The number of nitrogens with two attached hydrogens (primary N) is 1. The van der Waals surface area contributed by atoms with Crippen molar-refractivity contribution in [1.29, 1.82) is 0 Å². The summed E-state index contributed by atoms with van der Waals surface area (Å²) < 4.78 is 2.25. The molecule has 0 saturated carbocycles. The van der Waals surface area contributed by atoms with Crippen molar-refractivity contribution in [2.24, 2.45) is 23.5 Å². The SMILES string of the molecule is CCC(CN)C(=O)NC[C@H](C)C[C@H](C(C)C)n1ccc2c(NC)ncnc21. The maximum absolute atomic E-state index is 12.2. The van der Waals surface area contributed by atoms with Gasteiger partial charge in [0, 0.05) is 38.3 Å². The molecule has 0 aromatic carbocycles.